The molecule has 0 aliphatic carbocycles. The number of likely N-dealkylation sites (tertiary alicyclic amines) is 1. The lowest BCUT2D eigenvalue weighted by atomic mass is 10.0. The summed E-state index contributed by atoms with van der Waals surface area (Å²) in [7, 11) is 2.21. The molecule has 0 bridgehead atoms. The van der Waals surface area contributed by atoms with E-state index in [1.54, 1.807) is 0 Å². The third-order valence-corrected chi connectivity index (χ3v) is 4.50. The van der Waals surface area contributed by atoms with Crippen LogP contribution in [-0.2, 0) is 0 Å². The largest absolute Gasteiger partial charge is 0.486 e. The molecule has 2 atom stereocenters. The van der Waals surface area contributed by atoms with Crippen molar-refractivity contribution < 1.29 is 9.47 Å². The van der Waals surface area contributed by atoms with E-state index in [9.17, 15) is 0 Å². The van der Waals surface area contributed by atoms with Crippen LogP contribution in [0.5, 0.6) is 11.5 Å². The molecule has 3 rings (SSSR count). The van der Waals surface area contributed by atoms with Crippen LogP contribution in [0, 0.1) is 0 Å². The van der Waals surface area contributed by atoms with Crippen LogP contribution < -0.4 is 14.8 Å². The molecule has 1 aromatic carbocycles. The molecular formula is C17H26N2O2. The number of benzene rings is 1. The van der Waals surface area contributed by atoms with Crippen molar-refractivity contribution in [3.63, 3.8) is 0 Å². The van der Waals surface area contributed by atoms with Crippen molar-refractivity contribution in [2.45, 2.75) is 38.3 Å². The lowest BCUT2D eigenvalue weighted by Gasteiger charge is -2.24. The zero-order valence-corrected chi connectivity index (χ0v) is 13.1. The highest BCUT2D eigenvalue weighted by Crippen LogP contribution is 2.32. The van der Waals surface area contributed by atoms with Gasteiger partial charge in [-0.15, -0.1) is 0 Å². The molecule has 0 aromatic heterocycles. The van der Waals surface area contributed by atoms with E-state index in [-0.39, 0.29) is 0 Å². The summed E-state index contributed by atoms with van der Waals surface area (Å²) in [5.74, 6) is 1.75. The molecular weight excluding hydrogens is 264 g/mol. The summed E-state index contributed by atoms with van der Waals surface area (Å²) in [6.45, 7) is 5.94. The van der Waals surface area contributed by atoms with E-state index in [2.05, 4.69) is 36.3 Å². The van der Waals surface area contributed by atoms with E-state index in [1.807, 2.05) is 6.07 Å². The van der Waals surface area contributed by atoms with Gasteiger partial charge in [-0.25, -0.2) is 0 Å². The van der Waals surface area contributed by atoms with Crippen LogP contribution in [0.3, 0.4) is 0 Å². The van der Waals surface area contributed by atoms with Gasteiger partial charge in [0.15, 0.2) is 11.5 Å². The van der Waals surface area contributed by atoms with E-state index in [0.29, 0.717) is 25.3 Å². The molecule has 0 spiro atoms. The van der Waals surface area contributed by atoms with Crippen LogP contribution >= 0.6 is 0 Å². The number of ether oxygens (including phenoxy) is 2. The Morgan fingerprint density at radius 1 is 1.14 bits per heavy atom. The molecule has 1 aromatic rings. The molecule has 0 radical (unpaired) electrons. The van der Waals surface area contributed by atoms with Crippen LogP contribution in [0.2, 0.25) is 0 Å². The first-order valence-corrected chi connectivity index (χ1v) is 8.06. The zero-order chi connectivity index (χ0) is 14.7. The number of hydrogen-bond donors (Lipinski definition) is 1. The lowest BCUT2D eigenvalue weighted by molar-refractivity contribution is 0.171. The second kappa shape index (κ2) is 6.67. The first-order chi connectivity index (χ1) is 10.2. The normalized spacial score (nSPS) is 24.4. The molecule has 0 saturated carbocycles. The highest BCUT2D eigenvalue weighted by Gasteiger charge is 2.19. The van der Waals surface area contributed by atoms with Crippen molar-refractivity contribution in [3.05, 3.63) is 23.8 Å². The standard InChI is InChI=1S/C17H26N2O2/c1-13(18-15-4-3-8-19(2)9-7-15)14-5-6-16-17(12-14)21-11-10-20-16/h5-6,12-13,15,18H,3-4,7-11H2,1-2H3. The van der Waals surface area contributed by atoms with Gasteiger partial charge in [-0.1, -0.05) is 6.07 Å². The quantitative estimate of drug-likeness (QED) is 0.928. The van der Waals surface area contributed by atoms with Gasteiger partial charge in [0.2, 0.25) is 0 Å². The molecule has 116 valence electrons. The fraction of sp³-hybridized carbons (Fsp3) is 0.647. The number of hydrogen-bond acceptors (Lipinski definition) is 4. The first kappa shape index (κ1) is 14.7. The highest BCUT2D eigenvalue weighted by molar-refractivity contribution is 5.44. The summed E-state index contributed by atoms with van der Waals surface area (Å²) in [6, 6.07) is 7.25. The predicted octanol–water partition coefficient (Wildman–Crippen LogP) is 2.59. The second-order valence-corrected chi connectivity index (χ2v) is 6.22. The van der Waals surface area contributed by atoms with Gasteiger partial charge in [0, 0.05) is 12.1 Å². The molecule has 2 unspecified atom stereocenters. The molecule has 21 heavy (non-hydrogen) atoms. The SMILES string of the molecule is CC(NC1CCCN(C)CC1)c1ccc2c(c1)OCCO2. The molecule has 2 aliphatic heterocycles. The van der Waals surface area contributed by atoms with E-state index < -0.39 is 0 Å². The highest BCUT2D eigenvalue weighted by atomic mass is 16.6. The number of rotatable bonds is 3. The molecule has 2 heterocycles. The van der Waals surface area contributed by atoms with Gasteiger partial charge in [-0.2, -0.15) is 0 Å². The number of fused-ring (bicyclic) bond motifs is 1. The Kier molecular flexibility index (Phi) is 4.66. The monoisotopic (exact) mass is 290 g/mol. The maximum atomic E-state index is 5.68. The molecule has 2 aliphatic rings. The Morgan fingerprint density at radius 3 is 2.81 bits per heavy atom. The van der Waals surface area contributed by atoms with Gasteiger partial charge in [-0.3, -0.25) is 0 Å². The summed E-state index contributed by atoms with van der Waals surface area (Å²) < 4.78 is 11.3. The third-order valence-electron chi connectivity index (χ3n) is 4.50. The minimum Gasteiger partial charge on any atom is -0.486 e. The third kappa shape index (κ3) is 3.69. The van der Waals surface area contributed by atoms with Gasteiger partial charge in [0.25, 0.3) is 0 Å². The van der Waals surface area contributed by atoms with E-state index in [1.165, 1.54) is 37.9 Å². The minimum absolute atomic E-state index is 0.342. The van der Waals surface area contributed by atoms with Crippen LogP contribution in [0.15, 0.2) is 18.2 Å². The maximum Gasteiger partial charge on any atom is 0.161 e. The Labute approximate surface area is 127 Å². The van der Waals surface area contributed by atoms with Crippen LogP contribution in [-0.4, -0.2) is 44.3 Å². The van der Waals surface area contributed by atoms with Gasteiger partial charge in [0.05, 0.1) is 0 Å². The van der Waals surface area contributed by atoms with E-state index in [0.717, 1.165) is 11.5 Å². The Bertz CT molecular complexity index is 478. The Hall–Kier alpha value is -1.26. The van der Waals surface area contributed by atoms with Gasteiger partial charge in [0.1, 0.15) is 13.2 Å². The fourth-order valence-corrected chi connectivity index (χ4v) is 3.19. The second-order valence-electron chi connectivity index (χ2n) is 6.22. The van der Waals surface area contributed by atoms with Gasteiger partial charge in [-0.05, 0) is 64.0 Å². The number of nitrogens with zero attached hydrogens (tertiary/aromatic N) is 1. The summed E-state index contributed by atoms with van der Waals surface area (Å²) in [5.41, 5.74) is 1.27. The maximum absolute atomic E-state index is 5.68. The van der Waals surface area contributed by atoms with Crippen LogP contribution in [0.25, 0.3) is 0 Å². The Morgan fingerprint density at radius 2 is 1.95 bits per heavy atom. The zero-order valence-electron chi connectivity index (χ0n) is 13.1. The topological polar surface area (TPSA) is 33.7 Å². The summed E-state index contributed by atoms with van der Waals surface area (Å²) in [6.07, 6.45) is 3.77. The average molecular weight is 290 g/mol. The van der Waals surface area contributed by atoms with Crippen LogP contribution in [0.4, 0.5) is 0 Å². The van der Waals surface area contributed by atoms with Crippen molar-refractivity contribution in [1.29, 1.82) is 0 Å². The van der Waals surface area contributed by atoms with Crippen LogP contribution in [0.1, 0.15) is 37.8 Å². The summed E-state index contributed by atoms with van der Waals surface area (Å²) >= 11 is 0. The summed E-state index contributed by atoms with van der Waals surface area (Å²) in [5, 5.41) is 3.78. The van der Waals surface area contributed by atoms with Crippen molar-refractivity contribution >= 4 is 0 Å². The number of nitrogens with one attached hydrogen (secondary N) is 1. The van der Waals surface area contributed by atoms with E-state index in [4.69, 9.17) is 9.47 Å². The smallest absolute Gasteiger partial charge is 0.161 e. The minimum atomic E-state index is 0.342. The molecule has 4 nitrogen and oxygen atoms in total. The van der Waals surface area contributed by atoms with Crippen molar-refractivity contribution in [1.82, 2.24) is 10.2 Å². The predicted molar refractivity (Wildman–Crippen MR) is 84.1 cm³/mol. The first-order valence-electron chi connectivity index (χ1n) is 8.06. The summed E-state index contributed by atoms with van der Waals surface area (Å²) in [4.78, 5) is 2.43. The Balaban J connectivity index is 1.63. The van der Waals surface area contributed by atoms with Crippen molar-refractivity contribution in [3.8, 4) is 11.5 Å². The fourth-order valence-electron chi connectivity index (χ4n) is 3.19. The van der Waals surface area contributed by atoms with Gasteiger partial charge < -0.3 is 19.7 Å². The molecule has 1 saturated heterocycles. The van der Waals surface area contributed by atoms with Gasteiger partial charge >= 0.3 is 0 Å². The molecule has 1 fully saturated rings. The average Bonchev–Trinajstić information content (AvgIpc) is 2.71. The molecule has 4 heteroatoms. The van der Waals surface area contributed by atoms with E-state index >= 15 is 0 Å². The molecule has 0 amide bonds. The lowest BCUT2D eigenvalue weighted by Crippen LogP contribution is -2.32. The molecule has 1 N–H and O–H groups in total. The van der Waals surface area contributed by atoms with Crippen molar-refractivity contribution in [2.75, 3.05) is 33.4 Å². The van der Waals surface area contributed by atoms with Crippen molar-refractivity contribution in [2.24, 2.45) is 0 Å².